The molecule has 2 N–H and O–H groups in total. The zero-order valence-electron chi connectivity index (χ0n) is 22.2. The Morgan fingerprint density at radius 2 is 1.95 bits per heavy atom. The average Bonchev–Trinajstić information content (AvgIpc) is 3.48. The van der Waals surface area contributed by atoms with Crippen molar-refractivity contribution in [1.29, 1.82) is 0 Å². The molecule has 9 heteroatoms. The fourth-order valence-electron chi connectivity index (χ4n) is 5.43. The van der Waals surface area contributed by atoms with Crippen molar-refractivity contribution in [1.82, 2.24) is 15.0 Å². The molecule has 1 saturated heterocycles. The lowest BCUT2D eigenvalue weighted by Crippen LogP contribution is -2.44. The largest absolute Gasteiger partial charge is 0.396 e. The summed E-state index contributed by atoms with van der Waals surface area (Å²) in [5.41, 5.74) is 1.84. The molecule has 2 amide bonds. The van der Waals surface area contributed by atoms with Gasteiger partial charge in [-0.25, -0.2) is 0 Å². The van der Waals surface area contributed by atoms with Crippen molar-refractivity contribution in [2.75, 3.05) is 23.0 Å². The number of piperidine rings is 1. The van der Waals surface area contributed by atoms with Crippen LogP contribution in [0.5, 0.6) is 0 Å². The van der Waals surface area contributed by atoms with Gasteiger partial charge in [-0.3, -0.25) is 14.3 Å². The number of aryl methyl sites for hydroxylation is 1. The van der Waals surface area contributed by atoms with E-state index in [1.165, 1.54) is 0 Å². The summed E-state index contributed by atoms with van der Waals surface area (Å²) >= 11 is 0. The van der Waals surface area contributed by atoms with Crippen LogP contribution >= 0.6 is 0 Å². The van der Waals surface area contributed by atoms with Crippen molar-refractivity contribution in [3.63, 3.8) is 0 Å². The molecule has 3 aromatic rings. The van der Waals surface area contributed by atoms with Gasteiger partial charge in [0, 0.05) is 55.9 Å². The maximum atomic E-state index is 13.9. The predicted octanol–water partition coefficient (Wildman–Crippen LogP) is 3.35. The minimum absolute atomic E-state index is 0.0269. The lowest BCUT2D eigenvalue weighted by molar-refractivity contribution is -0.139. The van der Waals surface area contributed by atoms with E-state index in [1.807, 2.05) is 73.8 Å². The van der Waals surface area contributed by atoms with E-state index in [4.69, 9.17) is 5.11 Å². The molecule has 39 heavy (non-hydrogen) atoms. The lowest BCUT2D eigenvalue weighted by atomic mass is 9.82. The number of hydrogen-bond acceptors (Lipinski definition) is 6. The first-order chi connectivity index (χ1) is 18.9. The van der Waals surface area contributed by atoms with Gasteiger partial charge in [0.15, 0.2) is 5.60 Å². The highest BCUT2D eigenvalue weighted by molar-refractivity contribution is 6.08. The summed E-state index contributed by atoms with van der Waals surface area (Å²) in [5.74, 6) is -0.818. The third-order valence-electron chi connectivity index (χ3n) is 7.63. The molecule has 9 nitrogen and oxygen atoms in total. The number of carbonyl (C=O) groups is 2. The average molecular weight is 530 g/mol. The van der Waals surface area contributed by atoms with E-state index in [-0.39, 0.29) is 18.4 Å². The van der Waals surface area contributed by atoms with Gasteiger partial charge in [0.1, 0.15) is 0 Å². The second kappa shape index (κ2) is 11.5. The fraction of sp³-hybridized carbons (Fsp3) is 0.400. The Morgan fingerprint density at radius 3 is 2.72 bits per heavy atom. The zero-order chi connectivity index (χ0) is 27.4. The molecule has 3 heterocycles. The number of amides is 2. The number of rotatable bonds is 10. The summed E-state index contributed by atoms with van der Waals surface area (Å²) in [6, 6.07) is 15.3. The molecule has 2 aromatic carbocycles. The first-order valence-electron chi connectivity index (χ1n) is 13.6. The zero-order valence-corrected chi connectivity index (χ0v) is 22.2. The van der Waals surface area contributed by atoms with E-state index in [0.717, 1.165) is 24.1 Å². The van der Waals surface area contributed by atoms with Gasteiger partial charge in [0.05, 0.1) is 17.9 Å². The molecule has 1 fully saturated rings. The Hall–Kier alpha value is -3.82. The van der Waals surface area contributed by atoms with Gasteiger partial charge in [-0.1, -0.05) is 54.6 Å². The van der Waals surface area contributed by atoms with Crippen LogP contribution < -0.4 is 9.80 Å². The molecule has 2 aliphatic heterocycles. The van der Waals surface area contributed by atoms with Crippen LogP contribution in [0.3, 0.4) is 0 Å². The number of allylic oxidation sites excluding steroid dienone is 1. The van der Waals surface area contributed by atoms with E-state index in [9.17, 15) is 14.7 Å². The van der Waals surface area contributed by atoms with Gasteiger partial charge in [0.25, 0.3) is 5.91 Å². The molecule has 1 aromatic heterocycles. The summed E-state index contributed by atoms with van der Waals surface area (Å²) in [5, 5.41) is 29.3. The molecular formula is C30H35N5O4. The van der Waals surface area contributed by atoms with Gasteiger partial charge < -0.3 is 20.0 Å². The summed E-state index contributed by atoms with van der Waals surface area (Å²) < 4.78 is 1.72. The maximum absolute atomic E-state index is 13.9. The molecule has 204 valence electrons. The van der Waals surface area contributed by atoms with E-state index >= 15 is 0 Å². The van der Waals surface area contributed by atoms with Crippen LogP contribution in [0.1, 0.15) is 49.4 Å². The minimum Gasteiger partial charge on any atom is -0.396 e. The first kappa shape index (κ1) is 26.8. The number of benzene rings is 2. The molecule has 2 aliphatic rings. The topological polar surface area (TPSA) is 112 Å². The van der Waals surface area contributed by atoms with Gasteiger partial charge in [-0.05, 0) is 43.0 Å². The Balaban J connectivity index is 1.41. The van der Waals surface area contributed by atoms with Crippen LogP contribution in [0.4, 0.5) is 11.4 Å². The van der Waals surface area contributed by atoms with Crippen LogP contribution in [0.2, 0.25) is 0 Å². The maximum Gasteiger partial charge on any atom is 0.264 e. The minimum atomic E-state index is -1.77. The number of anilines is 2. The van der Waals surface area contributed by atoms with E-state index in [2.05, 4.69) is 10.3 Å². The quantitative estimate of drug-likeness (QED) is 0.390. The number of fused-ring (bicyclic) bond motifs is 1. The second-order valence-corrected chi connectivity index (χ2v) is 10.3. The molecule has 0 saturated carbocycles. The monoisotopic (exact) mass is 529 g/mol. The van der Waals surface area contributed by atoms with Gasteiger partial charge in [0.2, 0.25) is 5.91 Å². The second-order valence-electron chi connectivity index (χ2n) is 10.3. The summed E-state index contributed by atoms with van der Waals surface area (Å²) in [4.78, 5) is 30.0. The SMILES string of the molecule is C[C@@H](/C=C/CCn1cc(CCO)nn1)[C@]1(O)C(=O)N(Cc2ccccc2)c2ccc(N3CCCCC3=O)cc21. The third-order valence-corrected chi connectivity index (χ3v) is 7.63. The molecule has 2 atom stereocenters. The first-order valence-corrected chi connectivity index (χ1v) is 13.6. The lowest BCUT2D eigenvalue weighted by Gasteiger charge is -2.30. The Bertz CT molecular complexity index is 1350. The smallest absolute Gasteiger partial charge is 0.264 e. The molecule has 0 unspecified atom stereocenters. The molecule has 0 bridgehead atoms. The predicted molar refractivity (Wildman–Crippen MR) is 148 cm³/mol. The summed E-state index contributed by atoms with van der Waals surface area (Å²) in [6.07, 6.45) is 9.05. The van der Waals surface area contributed by atoms with Gasteiger partial charge >= 0.3 is 0 Å². The van der Waals surface area contributed by atoms with Crippen LogP contribution in [0, 0.1) is 5.92 Å². The van der Waals surface area contributed by atoms with Gasteiger partial charge in [-0.2, -0.15) is 0 Å². The highest BCUT2D eigenvalue weighted by Gasteiger charge is 2.52. The van der Waals surface area contributed by atoms with Crippen molar-refractivity contribution in [3.8, 4) is 0 Å². The van der Waals surface area contributed by atoms with Crippen molar-refractivity contribution in [2.24, 2.45) is 5.92 Å². The van der Waals surface area contributed by atoms with Crippen LogP contribution in [-0.4, -0.2) is 50.2 Å². The van der Waals surface area contributed by atoms with Crippen LogP contribution in [-0.2, 0) is 34.7 Å². The van der Waals surface area contributed by atoms with E-state index in [0.29, 0.717) is 55.8 Å². The van der Waals surface area contributed by atoms with Crippen molar-refractivity contribution in [3.05, 3.63) is 83.7 Å². The number of aliphatic hydroxyl groups is 2. The van der Waals surface area contributed by atoms with Crippen LogP contribution in [0.25, 0.3) is 0 Å². The highest BCUT2D eigenvalue weighted by atomic mass is 16.3. The van der Waals surface area contributed by atoms with Gasteiger partial charge in [-0.15, -0.1) is 5.10 Å². The van der Waals surface area contributed by atoms with Crippen molar-refractivity contribution < 1.29 is 19.8 Å². The molecular weight excluding hydrogens is 494 g/mol. The van der Waals surface area contributed by atoms with Crippen LogP contribution in [0.15, 0.2) is 66.9 Å². The highest BCUT2D eigenvalue weighted by Crippen LogP contribution is 2.47. The summed E-state index contributed by atoms with van der Waals surface area (Å²) in [7, 11) is 0. The standard InChI is InChI=1S/C30H35N5O4/c1-22(9-5-7-16-33-21-24(15-18-36)31-32-33)30(39)26-19-25(34-17-8-6-12-28(34)37)13-14-27(26)35(29(30)38)20-23-10-3-2-4-11-23/h2-5,9-11,13-14,19,21-22,36,39H,6-8,12,15-18,20H2,1H3/b9-5+/t22-,30+/m0/s1. The normalized spacial score (nSPS) is 20.2. The van der Waals surface area contributed by atoms with E-state index < -0.39 is 11.5 Å². The van der Waals surface area contributed by atoms with Crippen molar-refractivity contribution in [2.45, 2.75) is 57.7 Å². The molecule has 0 radical (unpaired) electrons. The number of aliphatic hydroxyl groups excluding tert-OH is 1. The number of nitrogens with zero attached hydrogens (tertiary/aromatic N) is 5. The number of hydrogen-bond donors (Lipinski definition) is 2. The Morgan fingerprint density at radius 1 is 1.13 bits per heavy atom. The molecule has 5 rings (SSSR count). The third kappa shape index (κ3) is 5.37. The molecule has 0 aliphatic carbocycles. The Labute approximate surface area is 228 Å². The Kier molecular flexibility index (Phi) is 7.90. The number of aromatic nitrogens is 3. The number of carbonyl (C=O) groups excluding carboxylic acids is 2. The molecule has 0 spiro atoms. The van der Waals surface area contributed by atoms with Crippen molar-refractivity contribution >= 4 is 23.2 Å². The summed E-state index contributed by atoms with van der Waals surface area (Å²) in [6.45, 7) is 3.44. The van der Waals surface area contributed by atoms with E-state index in [1.54, 1.807) is 14.5 Å². The fourth-order valence-corrected chi connectivity index (χ4v) is 5.43.